The van der Waals surface area contributed by atoms with Crippen molar-refractivity contribution in [2.75, 3.05) is 18.2 Å². The lowest BCUT2D eigenvalue weighted by atomic mass is 10.1. The van der Waals surface area contributed by atoms with Gasteiger partial charge in [-0.05, 0) is 11.6 Å². The van der Waals surface area contributed by atoms with E-state index in [9.17, 15) is 9.59 Å². The van der Waals surface area contributed by atoms with Gasteiger partial charge in [0.05, 0.1) is 5.88 Å². The molecule has 1 unspecified atom stereocenters. The molecule has 100 valence electrons. The number of halogens is 1. The van der Waals surface area contributed by atoms with Crippen LogP contribution in [-0.4, -0.2) is 45.8 Å². The summed E-state index contributed by atoms with van der Waals surface area (Å²) in [6, 6.07) is 7.13. The Morgan fingerprint density at radius 3 is 2.89 bits per heavy atom. The predicted octanol–water partition coefficient (Wildman–Crippen LogP) is 1.58. The molecule has 0 aromatic heterocycles. The second-order valence-corrected chi connectivity index (χ2v) is 6.07. The third-order valence-corrected chi connectivity index (χ3v) is 4.83. The second-order valence-electron chi connectivity index (χ2n) is 4.66. The number of amides is 2. The highest BCUT2D eigenvalue weighted by Crippen LogP contribution is 2.27. The molecular formula is C13H13ClN2O2S. The van der Waals surface area contributed by atoms with Gasteiger partial charge in [-0.15, -0.1) is 11.8 Å². The number of carbonyl (C=O) groups is 2. The first-order valence-corrected chi connectivity index (χ1v) is 7.59. The van der Waals surface area contributed by atoms with Gasteiger partial charge >= 0.3 is 0 Å². The Labute approximate surface area is 120 Å². The molecule has 2 aliphatic heterocycles. The van der Waals surface area contributed by atoms with Gasteiger partial charge in [-0.3, -0.25) is 9.59 Å². The van der Waals surface area contributed by atoms with Crippen molar-refractivity contribution in [1.82, 2.24) is 9.80 Å². The van der Waals surface area contributed by atoms with Gasteiger partial charge in [0.1, 0.15) is 12.6 Å². The van der Waals surface area contributed by atoms with Crippen LogP contribution in [0.4, 0.5) is 0 Å². The quantitative estimate of drug-likeness (QED) is 0.832. The van der Waals surface area contributed by atoms with Crippen LogP contribution < -0.4 is 0 Å². The topological polar surface area (TPSA) is 40.6 Å². The number of benzene rings is 1. The van der Waals surface area contributed by atoms with Gasteiger partial charge in [0.25, 0.3) is 0 Å². The Morgan fingerprint density at radius 2 is 2.11 bits per heavy atom. The van der Waals surface area contributed by atoms with E-state index in [2.05, 4.69) is 0 Å². The molecule has 0 radical (unpaired) electrons. The van der Waals surface area contributed by atoms with Crippen molar-refractivity contribution >= 4 is 35.2 Å². The largest absolute Gasteiger partial charge is 0.327 e. The molecule has 6 heteroatoms. The van der Waals surface area contributed by atoms with Crippen molar-refractivity contribution in [1.29, 1.82) is 0 Å². The zero-order valence-corrected chi connectivity index (χ0v) is 11.8. The number of carbonyl (C=O) groups excluding carboxylic acids is 2. The zero-order chi connectivity index (χ0) is 13.4. The third-order valence-electron chi connectivity index (χ3n) is 3.44. The maximum atomic E-state index is 12.3. The molecule has 1 atom stereocenters. The van der Waals surface area contributed by atoms with Crippen molar-refractivity contribution in [3.8, 4) is 0 Å². The lowest BCUT2D eigenvalue weighted by Crippen LogP contribution is -2.57. The minimum atomic E-state index is -0.284. The van der Waals surface area contributed by atoms with Crippen molar-refractivity contribution < 1.29 is 9.59 Å². The summed E-state index contributed by atoms with van der Waals surface area (Å²) in [4.78, 5) is 27.6. The molecule has 19 heavy (non-hydrogen) atoms. The van der Waals surface area contributed by atoms with Gasteiger partial charge in [0, 0.05) is 17.3 Å². The van der Waals surface area contributed by atoms with Crippen LogP contribution in [-0.2, 0) is 16.1 Å². The van der Waals surface area contributed by atoms with Crippen LogP contribution >= 0.6 is 23.4 Å². The summed E-state index contributed by atoms with van der Waals surface area (Å²) in [5, 5.41) is 0.631. The van der Waals surface area contributed by atoms with Crippen LogP contribution in [0.25, 0.3) is 0 Å². The predicted molar refractivity (Wildman–Crippen MR) is 74.8 cm³/mol. The molecule has 1 aromatic rings. The molecule has 0 spiro atoms. The monoisotopic (exact) mass is 296 g/mol. The van der Waals surface area contributed by atoms with Crippen molar-refractivity contribution in [3.05, 3.63) is 34.9 Å². The maximum absolute atomic E-state index is 12.3. The normalized spacial score (nSPS) is 22.9. The van der Waals surface area contributed by atoms with E-state index in [1.54, 1.807) is 27.6 Å². The Kier molecular flexibility index (Phi) is 3.41. The van der Waals surface area contributed by atoms with E-state index in [1.807, 2.05) is 18.2 Å². The third kappa shape index (κ3) is 2.32. The summed E-state index contributed by atoms with van der Waals surface area (Å²) < 4.78 is 0. The Hall–Kier alpha value is -1.20. The summed E-state index contributed by atoms with van der Waals surface area (Å²) in [5.41, 5.74) is 0.879. The Bertz CT molecular complexity index is 537. The van der Waals surface area contributed by atoms with E-state index in [0.717, 1.165) is 5.56 Å². The molecule has 2 heterocycles. The van der Waals surface area contributed by atoms with E-state index in [1.165, 1.54) is 0 Å². The Balaban J connectivity index is 1.80. The average Bonchev–Trinajstić information content (AvgIpc) is 2.88. The lowest BCUT2D eigenvalue weighted by Gasteiger charge is -2.35. The van der Waals surface area contributed by atoms with Crippen LogP contribution in [0, 0.1) is 0 Å². The molecular weight excluding hydrogens is 284 g/mol. The summed E-state index contributed by atoms with van der Waals surface area (Å²) in [6.07, 6.45) is 0. The number of thioether (sulfide) groups is 1. The molecule has 0 N–H and O–H groups in total. The van der Waals surface area contributed by atoms with E-state index in [-0.39, 0.29) is 24.4 Å². The number of rotatable bonds is 2. The summed E-state index contributed by atoms with van der Waals surface area (Å²) in [5.74, 6) is 1.39. The van der Waals surface area contributed by atoms with Gasteiger partial charge in [0.15, 0.2) is 0 Å². The van der Waals surface area contributed by atoms with Gasteiger partial charge in [-0.25, -0.2) is 0 Å². The molecule has 2 aliphatic rings. The molecule has 3 rings (SSSR count). The summed E-state index contributed by atoms with van der Waals surface area (Å²) in [6.45, 7) is 0.556. The molecule has 0 bridgehead atoms. The molecule has 2 saturated heterocycles. The van der Waals surface area contributed by atoms with Crippen LogP contribution in [0.2, 0.25) is 5.02 Å². The van der Waals surface area contributed by atoms with Crippen LogP contribution in [0.15, 0.2) is 24.3 Å². The summed E-state index contributed by atoms with van der Waals surface area (Å²) in [7, 11) is 0. The van der Waals surface area contributed by atoms with E-state index in [0.29, 0.717) is 23.2 Å². The maximum Gasteiger partial charge on any atom is 0.247 e. The van der Waals surface area contributed by atoms with Crippen molar-refractivity contribution in [3.63, 3.8) is 0 Å². The fourth-order valence-corrected chi connectivity index (χ4v) is 3.77. The average molecular weight is 297 g/mol. The SMILES string of the molecule is O=C1C2CSCN2C(=O)CN1Cc1ccccc1Cl. The second kappa shape index (κ2) is 5.06. The van der Waals surface area contributed by atoms with Gasteiger partial charge in [-0.1, -0.05) is 29.8 Å². The number of piperazine rings is 1. The number of nitrogens with zero attached hydrogens (tertiary/aromatic N) is 2. The number of fused-ring (bicyclic) bond motifs is 1. The minimum absolute atomic E-state index is 0.0293. The molecule has 0 aliphatic carbocycles. The molecule has 4 nitrogen and oxygen atoms in total. The molecule has 1 aromatic carbocycles. The van der Waals surface area contributed by atoms with Crippen LogP contribution in [0.3, 0.4) is 0 Å². The fourth-order valence-electron chi connectivity index (χ4n) is 2.40. The number of hydrogen-bond donors (Lipinski definition) is 0. The lowest BCUT2D eigenvalue weighted by molar-refractivity contribution is -0.153. The standard InChI is InChI=1S/C13H13ClN2O2S/c14-10-4-2-1-3-9(10)5-15-6-12(17)16-8-19-7-11(16)13(15)18/h1-4,11H,5-8H2. The van der Waals surface area contributed by atoms with E-state index < -0.39 is 0 Å². The van der Waals surface area contributed by atoms with E-state index in [4.69, 9.17) is 11.6 Å². The highest BCUT2D eigenvalue weighted by atomic mass is 35.5. The highest BCUT2D eigenvalue weighted by Gasteiger charge is 2.42. The van der Waals surface area contributed by atoms with Gasteiger partial charge in [-0.2, -0.15) is 0 Å². The van der Waals surface area contributed by atoms with Crippen LogP contribution in [0.5, 0.6) is 0 Å². The highest BCUT2D eigenvalue weighted by molar-refractivity contribution is 7.99. The van der Waals surface area contributed by atoms with Gasteiger partial charge < -0.3 is 9.80 Å². The number of hydrogen-bond acceptors (Lipinski definition) is 3. The van der Waals surface area contributed by atoms with Gasteiger partial charge in [0.2, 0.25) is 11.8 Å². The molecule has 0 saturated carbocycles. The van der Waals surface area contributed by atoms with Crippen LogP contribution in [0.1, 0.15) is 5.56 Å². The molecule has 2 fully saturated rings. The van der Waals surface area contributed by atoms with E-state index >= 15 is 0 Å². The first-order valence-electron chi connectivity index (χ1n) is 6.06. The summed E-state index contributed by atoms with van der Waals surface area (Å²) >= 11 is 7.73. The zero-order valence-electron chi connectivity index (χ0n) is 10.2. The smallest absolute Gasteiger partial charge is 0.247 e. The minimum Gasteiger partial charge on any atom is -0.327 e. The first kappa shape index (κ1) is 12.8. The first-order chi connectivity index (χ1) is 9.16. The Morgan fingerprint density at radius 1 is 1.32 bits per heavy atom. The fraction of sp³-hybridized carbons (Fsp3) is 0.385. The molecule has 2 amide bonds. The van der Waals surface area contributed by atoms with Crippen molar-refractivity contribution in [2.24, 2.45) is 0 Å². The van der Waals surface area contributed by atoms with Crippen molar-refractivity contribution in [2.45, 2.75) is 12.6 Å².